The maximum Gasteiger partial charge on any atom is 0.269 e. The number of non-ortho nitro benzene ring substituents is 1. The third-order valence-corrected chi connectivity index (χ3v) is 4.23. The van der Waals surface area contributed by atoms with Crippen LogP contribution in [-0.4, -0.2) is 25.4 Å². The Balaban J connectivity index is 1.67. The van der Waals surface area contributed by atoms with Crippen LogP contribution in [0.2, 0.25) is 0 Å². The van der Waals surface area contributed by atoms with Gasteiger partial charge in [0.15, 0.2) is 0 Å². The second kappa shape index (κ2) is 9.92. The fourth-order valence-electron chi connectivity index (χ4n) is 2.68. The van der Waals surface area contributed by atoms with E-state index in [1.807, 2.05) is 42.5 Å². The molecule has 8 nitrogen and oxygen atoms in total. The fourth-order valence-corrected chi connectivity index (χ4v) is 2.68. The number of nitro benzene ring substituents is 1. The summed E-state index contributed by atoms with van der Waals surface area (Å²) in [5.41, 5.74) is 5.22. The highest BCUT2D eigenvalue weighted by molar-refractivity contribution is 5.81. The minimum absolute atomic E-state index is 0.0281. The molecule has 1 N–H and O–H groups in total. The molecule has 3 rings (SSSR count). The van der Waals surface area contributed by atoms with Crippen molar-refractivity contribution in [3.63, 3.8) is 0 Å². The number of hydrogen-bond acceptors (Lipinski definition) is 7. The van der Waals surface area contributed by atoms with Crippen molar-refractivity contribution in [3.8, 4) is 17.2 Å². The molecule has 0 saturated heterocycles. The molecule has 3 aromatic carbocycles. The molecule has 0 amide bonds. The van der Waals surface area contributed by atoms with Gasteiger partial charge in [0, 0.05) is 23.8 Å². The molecule has 0 heterocycles. The number of ether oxygens (including phenoxy) is 3. The van der Waals surface area contributed by atoms with Gasteiger partial charge in [-0.3, -0.25) is 15.5 Å². The number of benzene rings is 3. The summed E-state index contributed by atoms with van der Waals surface area (Å²) in [4.78, 5) is 10.3. The first-order valence-electron chi connectivity index (χ1n) is 9.06. The first kappa shape index (κ1) is 20.7. The monoisotopic (exact) mass is 407 g/mol. The number of anilines is 1. The molecule has 0 saturated carbocycles. The number of hydrogen-bond donors (Lipinski definition) is 1. The van der Waals surface area contributed by atoms with Crippen LogP contribution in [-0.2, 0) is 6.61 Å². The van der Waals surface area contributed by atoms with E-state index in [0.717, 1.165) is 16.9 Å². The molecule has 0 radical (unpaired) electrons. The van der Waals surface area contributed by atoms with Gasteiger partial charge >= 0.3 is 0 Å². The molecule has 154 valence electrons. The Hall–Kier alpha value is -4.07. The second-order valence-corrected chi connectivity index (χ2v) is 6.21. The highest BCUT2D eigenvalue weighted by Crippen LogP contribution is 2.24. The van der Waals surface area contributed by atoms with Gasteiger partial charge in [-0.15, -0.1) is 0 Å². The molecule has 0 atom stereocenters. The van der Waals surface area contributed by atoms with Crippen LogP contribution in [0.5, 0.6) is 17.2 Å². The zero-order chi connectivity index (χ0) is 21.3. The highest BCUT2D eigenvalue weighted by Gasteiger charge is 2.06. The summed E-state index contributed by atoms with van der Waals surface area (Å²) in [6, 6.07) is 19.0. The minimum Gasteiger partial charge on any atom is -0.497 e. The number of rotatable bonds is 9. The Bertz CT molecular complexity index is 1040. The molecule has 0 aliphatic rings. The molecule has 0 aliphatic heterocycles. The number of nitrogens with zero attached hydrogens (tertiary/aromatic N) is 2. The molecule has 0 unspecified atom stereocenters. The average Bonchev–Trinajstić information content (AvgIpc) is 2.78. The van der Waals surface area contributed by atoms with Gasteiger partial charge in [-0.2, -0.15) is 5.10 Å². The maximum absolute atomic E-state index is 10.7. The molecule has 8 heteroatoms. The van der Waals surface area contributed by atoms with Crippen LogP contribution in [0.4, 0.5) is 11.4 Å². The van der Waals surface area contributed by atoms with Crippen LogP contribution in [0.15, 0.2) is 71.8 Å². The third kappa shape index (κ3) is 5.48. The lowest BCUT2D eigenvalue weighted by molar-refractivity contribution is -0.384. The molecular weight excluding hydrogens is 386 g/mol. The highest BCUT2D eigenvalue weighted by atomic mass is 16.6. The van der Waals surface area contributed by atoms with E-state index < -0.39 is 4.92 Å². The lowest BCUT2D eigenvalue weighted by atomic mass is 10.1. The van der Waals surface area contributed by atoms with Gasteiger partial charge in [0.05, 0.1) is 31.0 Å². The number of nitro groups is 1. The maximum atomic E-state index is 10.7. The molecule has 0 fully saturated rings. The summed E-state index contributed by atoms with van der Waals surface area (Å²) in [6.07, 6.45) is 1.65. The Labute approximate surface area is 173 Å². The van der Waals surface area contributed by atoms with Crippen molar-refractivity contribution in [3.05, 3.63) is 88.0 Å². The van der Waals surface area contributed by atoms with Gasteiger partial charge in [-0.1, -0.05) is 6.07 Å². The Morgan fingerprint density at radius 1 is 1.00 bits per heavy atom. The quantitative estimate of drug-likeness (QED) is 0.315. The Morgan fingerprint density at radius 2 is 1.77 bits per heavy atom. The van der Waals surface area contributed by atoms with E-state index in [2.05, 4.69) is 10.5 Å². The largest absolute Gasteiger partial charge is 0.497 e. The normalized spacial score (nSPS) is 10.6. The van der Waals surface area contributed by atoms with E-state index >= 15 is 0 Å². The van der Waals surface area contributed by atoms with E-state index in [-0.39, 0.29) is 5.69 Å². The number of methoxy groups -OCH3 is 2. The summed E-state index contributed by atoms with van der Waals surface area (Å²) >= 11 is 0. The van der Waals surface area contributed by atoms with Crippen LogP contribution in [0.3, 0.4) is 0 Å². The summed E-state index contributed by atoms with van der Waals surface area (Å²) in [7, 11) is 3.21. The smallest absolute Gasteiger partial charge is 0.269 e. The second-order valence-electron chi connectivity index (χ2n) is 6.21. The SMILES string of the molecule is COc1cccc(OCc2cc(/C=N\Nc3ccc([N+](=O)[O-])cc3)ccc2OC)c1. The molecule has 0 spiro atoms. The standard InChI is InChI=1S/C22H21N3O5/c1-28-20-4-3-5-21(13-20)30-15-17-12-16(6-11-22(17)29-2)14-23-24-18-7-9-19(10-8-18)25(26)27/h3-14,24H,15H2,1-2H3/b23-14-. The van der Waals surface area contributed by atoms with Gasteiger partial charge in [0.25, 0.3) is 5.69 Å². The van der Waals surface area contributed by atoms with Crippen molar-refractivity contribution in [2.45, 2.75) is 6.61 Å². The van der Waals surface area contributed by atoms with Gasteiger partial charge in [-0.05, 0) is 48.0 Å². The number of hydrazone groups is 1. The first-order valence-corrected chi connectivity index (χ1v) is 9.06. The fraction of sp³-hybridized carbons (Fsp3) is 0.136. The van der Waals surface area contributed by atoms with Gasteiger partial charge in [-0.25, -0.2) is 0 Å². The van der Waals surface area contributed by atoms with E-state index in [1.165, 1.54) is 12.1 Å². The van der Waals surface area contributed by atoms with Gasteiger partial charge in [0.2, 0.25) is 0 Å². The van der Waals surface area contributed by atoms with E-state index in [0.29, 0.717) is 23.8 Å². The van der Waals surface area contributed by atoms with Crippen LogP contribution in [0.25, 0.3) is 0 Å². The summed E-state index contributed by atoms with van der Waals surface area (Å²) in [5.74, 6) is 2.12. The summed E-state index contributed by atoms with van der Waals surface area (Å²) in [6.45, 7) is 0.313. The minimum atomic E-state index is -0.445. The van der Waals surface area contributed by atoms with Crippen LogP contribution < -0.4 is 19.6 Å². The van der Waals surface area contributed by atoms with E-state index in [9.17, 15) is 10.1 Å². The topological polar surface area (TPSA) is 95.2 Å². The first-order chi connectivity index (χ1) is 14.6. The third-order valence-electron chi connectivity index (χ3n) is 4.23. The van der Waals surface area contributed by atoms with Crippen molar-refractivity contribution in [2.75, 3.05) is 19.6 Å². The zero-order valence-corrected chi connectivity index (χ0v) is 16.6. The Morgan fingerprint density at radius 3 is 2.47 bits per heavy atom. The van der Waals surface area contributed by atoms with Crippen molar-refractivity contribution < 1.29 is 19.1 Å². The molecule has 3 aromatic rings. The average molecular weight is 407 g/mol. The summed E-state index contributed by atoms with van der Waals surface area (Å²) < 4.78 is 16.5. The van der Waals surface area contributed by atoms with E-state index in [1.54, 1.807) is 32.6 Å². The molecule has 0 bridgehead atoms. The lowest BCUT2D eigenvalue weighted by Crippen LogP contribution is -2.00. The molecule has 0 aromatic heterocycles. The number of nitrogens with one attached hydrogen (secondary N) is 1. The summed E-state index contributed by atoms with van der Waals surface area (Å²) in [5, 5.41) is 14.9. The predicted molar refractivity (Wildman–Crippen MR) is 115 cm³/mol. The molecular formula is C22H21N3O5. The van der Waals surface area contributed by atoms with Crippen LogP contribution in [0, 0.1) is 10.1 Å². The van der Waals surface area contributed by atoms with Gasteiger partial charge in [0.1, 0.15) is 23.9 Å². The molecule has 0 aliphatic carbocycles. The zero-order valence-electron chi connectivity index (χ0n) is 16.6. The van der Waals surface area contributed by atoms with Crippen LogP contribution >= 0.6 is 0 Å². The van der Waals surface area contributed by atoms with Crippen LogP contribution in [0.1, 0.15) is 11.1 Å². The predicted octanol–water partition coefficient (Wildman–Crippen LogP) is 4.64. The lowest BCUT2D eigenvalue weighted by Gasteiger charge is -2.12. The van der Waals surface area contributed by atoms with Gasteiger partial charge < -0.3 is 14.2 Å². The molecule has 30 heavy (non-hydrogen) atoms. The van der Waals surface area contributed by atoms with Crippen molar-refractivity contribution in [1.82, 2.24) is 0 Å². The van der Waals surface area contributed by atoms with E-state index in [4.69, 9.17) is 14.2 Å². The van der Waals surface area contributed by atoms with Crippen molar-refractivity contribution >= 4 is 17.6 Å². The van der Waals surface area contributed by atoms with Crippen molar-refractivity contribution in [2.24, 2.45) is 5.10 Å². The van der Waals surface area contributed by atoms with Crippen molar-refractivity contribution in [1.29, 1.82) is 0 Å². The Kier molecular flexibility index (Phi) is 6.83.